The maximum Gasteiger partial charge on any atom is 0.416 e. The number of alkyl halides is 3. The zero-order chi connectivity index (χ0) is 21.5. The third kappa shape index (κ3) is 10.7. The number of hydrogen-bond acceptors (Lipinski definition) is 1. The van der Waals surface area contributed by atoms with Gasteiger partial charge in [0.15, 0.2) is 0 Å². The number of carbonyl (C=O) groups excluding carboxylic acids is 1. The van der Waals surface area contributed by atoms with E-state index in [1.807, 2.05) is 6.92 Å². The summed E-state index contributed by atoms with van der Waals surface area (Å²) in [5.74, 6) is -0.291. The van der Waals surface area contributed by atoms with Gasteiger partial charge in [0, 0.05) is 18.7 Å². The summed E-state index contributed by atoms with van der Waals surface area (Å²) in [7, 11) is 0. The summed E-state index contributed by atoms with van der Waals surface area (Å²) in [6.45, 7) is 5.49. The van der Waals surface area contributed by atoms with Gasteiger partial charge >= 0.3 is 6.18 Å². The van der Waals surface area contributed by atoms with Crippen LogP contribution in [0.4, 0.5) is 13.2 Å². The first-order valence-electron chi connectivity index (χ1n) is 11.4. The van der Waals surface area contributed by atoms with Gasteiger partial charge in [0.25, 0.3) is 5.91 Å². The molecule has 0 saturated carbocycles. The largest absolute Gasteiger partial charge is 0.416 e. The van der Waals surface area contributed by atoms with Gasteiger partial charge in [0.2, 0.25) is 0 Å². The van der Waals surface area contributed by atoms with Crippen LogP contribution in [0.25, 0.3) is 0 Å². The quantitative estimate of drug-likeness (QED) is 0.268. The van der Waals surface area contributed by atoms with Gasteiger partial charge in [-0.1, -0.05) is 84.1 Å². The highest BCUT2D eigenvalue weighted by Gasteiger charge is 2.31. The zero-order valence-corrected chi connectivity index (χ0v) is 18.2. The molecule has 0 unspecified atom stereocenters. The van der Waals surface area contributed by atoms with Crippen molar-refractivity contribution in [1.82, 2.24) is 4.90 Å². The molecule has 29 heavy (non-hydrogen) atoms. The van der Waals surface area contributed by atoms with Crippen LogP contribution in [0, 0.1) is 0 Å². The number of hydrogen-bond donors (Lipinski definition) is 0. The van der Waals surface area contributed by atoms with E-state index in [4.69, 9.17) is 0 Å². The third-order valence-corrected chi connectivity index (χ3v) is 5.29. The Kier molecular flexibility index (Phi) is 12.7. The van der Waals surface area contributed by atoms with Crippen LogP contribution in [0.15, 0.2) is 24.3 Å². The Bertz CT molecular complexity index is 571. The topological polar surface area (TPSA) is 20.3 Å². The fourth-order valence-corrected chi connectivity index (χ4v) is 3.47. The summed E-state index contributed by atoms with van der Waals surface area (Å²) in [6, 6.07) is 4.78. The fraction of sp³-hybridized carbons (Fsp3) is 0.708. The molecule has 0 bridgehead atoms. The third-order valence-electron chi connectivity index (χ3n) is 5.29. The maximum atomic E-state index is 12.9. The zero-order valence-electron chi connectivity index (χ0n) is 18.2. The second kappa shape index (κ2) is 14.5. The van der Waals surface area contributed by atoms with E-state index in [0.29, 0.717) is 13.1 Å². The molecule has 0 atom stereocenters. The molecule has 0 radical (unpaired) electrons. The molecule has 5 heteroatoms. The van der Waals surface area contributed by atoms with Gasteiger partial charge in [-0.05, 0) is 31.0 Å². The van der Waals surface area contributed by atoms with Gasteiger partial charge in [-0.2, -0.15) is 13.2 Å². The molecule has 0 aliphatic carbocycles. The lowest BCUT2D eigenvalue weighted by Crippen LogP contribution is -2.33. The molecular formula is C24H38F3NO. The second-order valence-electron chi connectivity index (χ2n) is 7.91. The lowest BCUT2D eigenvalue weighted by molar-refractivity contribution is -0.137. The lowest BCUT2D eigenvalue weighted by Gasteiger charge is -2.23. The SMILES string of the molecule is CCCCCCCCCCCCN(CCCC)C(=O)c1cccc(C(F)(F)F)c1. The Morgan fingerprint density at radius 1 is 0.793 bits per heavy atom. The molecule has 1 aromatic carbocycles. The van der Waals surface area contributed by atoms with Crippen LogP contribution in [0.2, 0.25) is 0 Å². The first-order valence-corrected chi connectivity index (χ1v) is 11.4. The van der Waals surface area contributed by atoms with E-state index >= 15 is 0 Å². The minimum atomic E-state index is -4.43. The molecule has 166 valence electrons. The standard InChI is InChI=1S/C24H38F3NO/c1-3-5-7-8-9-10-11-12-13-14-19-28(18-6-4-2)23(29)21-16-15-17-22(20-21)24(25,26)27/h15-17,20H,3-14,18-19H2,1-2H3. The van der Waals surface area contributed by atoms with E-state index in [2.05, 4.69) is 6.92 Å². The van der Waals surface area contributed by atoms with Crippen molar-refractivity contribution in [3.05, 3.63) is 35.4 Å². The van der Waals surface area contributed by atoms with E-state index in [-0.39, 0.29) is 11.5 Å². The smallest absolute Gasteiger partial charge is 0.339 e. The van der Waals surface area contributed by atoms with Crippen molar-refractivity contribution in [2.45, 2.75) is 97.1 Å². The van der Waals surface area contributed by atoms with Crippen LogP contribution in [0.1, 0.15) is 107 Å². The number of nitrogens with zero attached hydrogens (tertiary/aromatic N) is 1. The van der Waals surface area contributed by atoms with Gasteiger partial charge in [0.05, 0.1) is 5.56 Å². The maximum absolute atomic E-state index is 12.9. The first kappa shape index (κ1) is 25.5. The molecule has 1 amide bonds. The Morgan fingerprint density at radius 3 is 1.86 bits per heavy atom. The second-order valence-corrected chi connectivity index (χ2v) is 7.91. The number of amides is 1. The average Bonchev–Trinajstić information content (AvgIpc) is 2.70. The van der Waals surface area contributed by atoms with Crippen molar-refractivity contribution in [2.75, 3.05) is 13.1 Å². The number of benzene rings is 1. The normalized spacial score (nSPS) is 11.6. The highest BCUT2D eigenvalue weighted by Crippen LogP contribution is 2.29. The molecule has 0 N–H and O–H groups in total. The lowest BCUT2D eigenvalue weighted by atomic mass is 10.1. The minimum absolute atomic E-state index is 0.128. The summed E-state index contributed by atoms with van der Waals surface area (Å²) < 4.78 is 38.8. The van der Waals surface area contributed by atoms with Crippen LogP contribution >= 0.6 is 0 Å². The molecule has 0 spiro atoms. The highest BCUT2D eigenvalue weighted by molar-refractivity contribution is 5.94. The van der Waals surface area contributed by atoms with Crippen LogP contribution < -0.4 is 0 Å². The molecule has 1 aromatic rings. The van der Waals surface area contributed by atoms with Gasteiger partial charge in [-0.15, -0.1) is 0 Å². The predicted molar refractivity (Wildman–Crippen MR) is 114 cm³/mol. The monoisotopic (exact) mass is 413 g/mol. The summed E-state index contributed by atoms with van der Waals surface area (Å²) >= 11 is 0. The van der Waals surface area contributed by atoms with Crippen LogP contribution in [-0.4, -0.2) is 23.9 Å². The summed E-state index contributed by atoms with van der Waals surface area (Å²) in [5, 5.41) is 0. The first-order chi connectivity index (χ1) is 13.9. The Labute approximate surface area is 174 Å². The van der Waals surface area contributed by atoms with Gasteiger partial charge in [-0.3, -0.25) is 4.79 Å². The molecule has 2 nitrogen and oxygen atoms in total. The molecule has 0 aromatic heterocycles. The van der Waals surface area contributed by atoms with Gasteiger partial charge in [-0.25, -0.2) is 0 Å². The van der Waals surface area contributed by atoms with E-state index in [9.17, 15) is 18.0 Å². The number of unbranched alkanes of at least 4 members (excludes halogenated alkanes) is 10. The fourth-order valence-electron chi connectivity index (χ4n) is 3.47. The van der Waals surface area contributed by atoms with Crippen LogP contribution in [0.5, 0.6) is 0 Å². The van der Waals surface area contributed by atoms with Crippen molar-refractivity contribution in [3.63, 3.8) is 0 Å². The van der Waals surface area contributed by atoms with Crippen molar-refractivity contribution in [1.29, 1.82) is 0 Å². The van der Waals surface area contributed by atoms with Crippen LogP contribution in [-0.2, 0) is 6.18 Å². The van der Waals surface area contributed by atoms with Gasteiger partial charge < -0.3 is 4.90 Å². The molecule has 0 aliphatic heterocycles. The molecule has 0 aliphatic rings. The van der Waals surface area contributed by atoms with Crippen molar-refractivity contribution < 1.29 is 18.0 Å². The van der Waals surface area contributed by atoms with Crippen molar-refractivity contribution in [2.24, 2.45) is 0 Å². The van der Waals surface area contributed by atoms with E-state index in [1.165, 1.54) is 57.1 Å². The summed E-state index contributed by atoms with van der Waals surface area (Å²) in [4.78, 5) is 14.5. The minimum Gasteiger partial charge on any atom is -0.339 e. The Balaban J connectivity index is 2.44. The van der Waals surface area contributed by atoms with Crippen LogP contribution in [0.3, 0.4) is 0 Å². The summed E-state index contributed by atoms with van der Waals surface area (Å²) in [6.07, 6.45) is 9.57. The number of carbonyl (C=O) groups is 1. The van der Waals surface area contributed by atoms with Crippen molar-refractivity contribution >= 4 is 5.91 Å². The Hall–Kier alpha value is -1.52. The molecule has 1 rings (SSSR count). The average molecular weight is 414 g/mol. The van der Waals surface area contributed by atoms with E-state index in [0.717, 1.165) is 44.2 Å². The Morgan fingerprint density at radius 2 is 1.31 bits per heavy atom. The van der Waals surface area contributed by atoms with E-state index < -0.39 is 11.7 Å². The molecule has 0 heterocycles. The molecule has 0 saturated heterocycles. The number of halogens is 3. The highest BCUT2D eigenvalue weighted by atomic mass is 19.4. The molecule has 0 fully saturated rings. The molecular weight excluding hydrogens is 375 g/mol. The predicted octanol–water partition coefficient (Wildman–Crippen LogP) is 7.87. The van der Waals surface area contributed by atoms with Gasteiger partial charge in [0.1, 0.15) is 0 Å². The van der Waals surface area contributed by atoms with E-state index in [1.54, 1.807) is 4.90 Å². The van der Waals surface area contributed by atoms with Crippen molar-refractivity contribution in [3.8, 4) is 0 Å². The summed E-state index contributed by atoms with van der Waals surface area (Å²) in [5.41, 5.74) is -0.638. The number of rotatable bonds is 15.